The predicted octanol–water partition coefficient (Wildman–Crippen LogP) is 5.68. The van der Waals surface area contributed by atoms with E-state index < -0.39 is 0 Å². The molecule has 0 fully saturated rings. The molecular formula is C26H20ClN5OS. The summed E-state index contributed by atoms with van der Waals surface area (Å²) in [4.78, 5) is 12.4. The van der Waals surface area contributed by atoms with Crippen LogP contribution >= 0.6 is 23.4 Å². The largest absolute Gasteiger partial charge is 0.305 e. The number of amides is 1. The van der Waals surface area contributed by atoms with Crippen molar-refractivity contribution in [3.8, 4) is 11.4 Å². The Morgan fingerprint density at radius 3 is 2.32 bits per heavy atom. The number of halogens is 1. The molecule has 1 N–H and O–H groups in total. The fourth-order valence-electron chi connectivity index (χ4n) is 3.81. The highest BCUT2D eigenvalue weighted by atomic mass is 35.5. The van der Waals surface area contributed by atoms with E-state index in [2.05, 4.69) is 51.1 Å². The van der Waals surface area contributed by atoms with Crippen LogP contribution in [0.4, 0.5) is 0 Å². The van der Waals surface area contributed by atoms with Crippen LogP contribution in [0.3, 0.4) is 0 Å². The molecule has 0 spiro atoms. The van der Waals surface area contributed by atoms with E-state index in [-0.39, 0.29) is 11.7 Å². The number of hydrogen-bond acceptors (Lipinski definition) is 5. The van der Waals surface area contributed by atoms with Gasteiger partial charge in [0.25, 0.3) is 5.91 Å². The second-order valence-corrected chi connectivity index (χ2v) is 9.07. The maximum Gasteiger partial charge on any atom is 0.250 e. The summed E-state index contributed by atoms with van der Waals surface area (Å²) in [6, 6.07) is 25.9. The van der Waals surface area contributed by atoms with Crippen LogP contribution in [0, 0.1) is 0 Å². The number of benzene rings is 4. The summed E-state index contributed by atoms with van der Waals surface area (Å²) in [6.07, 6.45) is 1.72. The van der Waals surface area contributed by atoms with Crippen LogP contribution in [0.5, 0.6) is 0 Å². The van der Waals surface area contributed by atoms with Gasteiger partial charge in [-0.05, 0) is 51.9 Å². The number of hydrogen-bond donors (Lipinski definition) is 1. The Hall–Kier alpha value is -3.68. The van der Waals surface area contributed by atoms with Gasteiger partial charge in [-0.1, -0.05) is 71.9 Å². The highest BCUT2D eigenvalue weighted by Gasteiger charge is 2.13. The van der Waals surface area contributed by atoms with Gasteiger partial charge >= 0.3 is 0 Å². The zero-order chi connectivity index (χ0) is 23.5. The molecule has 0 atom stereocenters. The molecule has 1 amide bonds. The Morgan fingerprint density at radius 1 is 1.00 bits per heavy atom. The third-order valence-electron chi connectivity index (χ3n) is 5.47. The van der Waals surface area contributed by atoms with Gasteiger partial charge in [-0.2, -0.15) is 5.10 Å². The molecule has 0 radical (unpaired) electrons. The molecule has 34 heavy (non-hydrogen) atoms. The van der Waals surface area contributed by atoms with Crippen molar-refractivity contribution in [3.05, 3.63) is 89.4 Å². The van der Waals surface area contributed by atoms with Crippen molar-refractivity contribution >= 4 is 57.0 Å². The molecule has 0 aliphatic heterocycles. The normalized spacial score (nSPS) is 11.5. The van der Waals surface area contributed by atoms with Crippen LogP contribution < -0.4 is 5.43 Å². The van der Waals surface area contributed by atoms with Crippen LogP contribution in [-0.4, -0.2) is 32.6 Å². The smallest absolute Gasteiger partial charge is 0.250 e. The first kappa shape index (κ1) is 22.1. The first-order valence-corrected chi connectivity index (χ1v) is 12.0. The number of nitrogens with one attached hydrogen (secondary N) is 1. The minimum absolute atomic E-state index is 0.167. The molecule has 0 aliphatic rings. The lowest BCUT2D eigenvalue weighted by Crippen LogP contribution is -2.20. The Labute approximate surface area is 205 Å². The first-order chi connectivity index (χ1) is 16.6. The van der Waals surface area contributed by atoms with Crippen molar-refractivity contribution in [1.29, 1.82) is 0 Å². The summed E-state index contributed by atoms with van der Waals surface area (Å²) in [5.74, 6) is 0.655. The van der Waals surface area contributed by atoms with Crippen molar-refractivity contribution in [1.82, 2.24) is 20.2 Å². The van der Waals surface area contributed by atoms with Gasteiger partial charge in [0.1, 0.15) is 0 Å². The summed E-state index contributed by atoms with van der Waals surface area (Å²) in [6.45, 7) is 0. The Bertz CT molecular complexity index is 1470. The molecule has 0 bridgehead atoms. The van der Waals surface area contributed by atoms with Gasteiger partial charge in [0.05, 0.1) is 12.0 Å². The molecule has 1 heterocycles. The lowest BCUT2D eigenvalue weighted by molar-refractivity contribution is -0.118. The van der Waals surface area contributed by atoms with Gasteiger partial charge in [0, 0.05) is 23.2 Å². The summed E-state index contributed by atoms with van der Waals surface area (Å²) < 4.78 is 1.85. The van der Waals surface area contributed by atoms with E-state index in [1.54, 1.807) is 6.21 Å². The molecule has 0 saturated heterocycles. The molecule has 8 heteroatoms. The van der Waals surface area contributed by atoms with Crippen molar-refractivity contribution in [3.63, 3.8) is 0 Å². The zero-order valence-electron chi connectivity index (χ0n) is 18.3. The lowest BCUT2D eigenvalue weighted by atomic mass is 9.97. The molecule has 0 aliphatic carbocycles. The number of fused-ring (bicyclic) bond motifs is 2. The van der Waals surface area contributed by atoms with E-state index in [0.29, 0.717) is 16.0 Å². The number of thioether (sulfide) groups is 1. The maximum absolute atomic E-state index is 12.4. The topological polar surface area (TPSA) is 72.2 Å². The monoisotopic (exact) mass is 485 g/mol. The highest BCUT2D eigenvalue weighted by molar-refractivity contribution is 7.99. The summed E-state index contributed by atoms with van der Waals surface area (Å²) in [5.41, 5.74) is 4.51. The van der Waals surface area contributed by atoms with Crippen molar-refractivity contribution < 1.29 is 4.79 Å². The second kappa shape index (κ2) is 9.67. The molecule has 4 aromatic carbocycles. The van der Waals surface area contributed by atoms with Gasteiger partial charge in [-0.25, -0.2) is 5.43 Å². The number of hydrazone groups is 1. The van der Waals surface area contributed by atoms with Crippen LogP contribution in [0.1, 0.15) is 5.56 Å². The van der Waals surface area contributed by atoms with Crippen molar-refractivity contribution in [2.45, 2.75) is 5.16 Å². The molecule has 1 aromatic heterocycles. The van der Waals surface area contributed by atoms with E-state index in [1.807, 2.05) is 60.1 Å². The van der Waals surface area contributed by atoms with Gasteiger partial charge < -0.3 is 4.57 Å². The Morgan fingerprint density at radius 2 is 1.65 bits per heavy atom. The Kier molecular flexibility index (Phi) is 6.29. The first-order valence-electron chi connectivity index (χ1n) is 10.6. The predicted molar refractivity (Wildman–Crippen MR) is 139 cm³/mol. The van der Waals surface area contributed by atoms with Crippen molar-refractivity contribution in [2.24, 2.45) is 12.1 Å². The number of carbonyl (C=O) groups excluding carboxylic acids is 1. The number of aromatic nitrogens is 3. The fraction of sp³-hybridized carbons (Fsp3) is 0.0769. The van der Waals surface area contributed by atoms with Gasteiger partial charge in [0.2, 0.25) is 0 Å². The van der Waals surface area contributed by atoms with Gasteiger partial charge in [0.15, 0.2) is 11.0 Å². The quantitative estimate of drug-likeness (QED) is 0.145. The third-order valence-corrected chi connectivity index (χ3v) is 6.74. The molecule has 5 rings (SSSR count). The maximum atomic E-state index is 12.4. The minimum atomic E-state index is -0.221. The minimum Gasteiger partial charge on any atom is -0.305 e. The Balaban J connectivity index is 1.28. The van der Waals surface area contributed by atoms with Crippen molar-refractivity contribution in [2.75, 3.05) is 5.75 Å². The van der Waals surface area contributed by atoms with Crippen LogP contribution in [-0.2, 0) is 11.8 Å². The fourth-order valence-corrected chi connectivity index (χ4v) is 4.64. The second-order valence-electron chi connectivity index (χ2n) is 7.69. The van der Waals surface area contributed by atoms with Crippen LogP contribution in [0.15, 0.2) is 89.1 Å². The van der Waals surface area contributed by atoms with E-state index in [0.717, 1.165) is 32.7 Å². The average Bonchev–Trinajstić information content (AvgIpc) is 3.23. The summed E-state index contributed by atoms with van der Waals surface area (Å²) >= 11 is 7.27. The van der Waals surface area contributed by atoms with Crippen LogP contribution in [0.2, 0.25) is 5.02 Å². The van der Waals surface area contributed by atoms with E-state index >= 15 is 0 Å². The summed E-state index contributed by atoms with van der Waals surface area (Å²) in [5, 5.41) is 18.4. The SMILES string of the molecule is Cn1c(SCC(=O)NN=Cc2c3ccccc3cc3ccccc23)nnc1-c1ccc(Cl)cc1. The zero-order valence-corrected chi connectivity index (χ0v) is 19.8. The van der Waals surface area contributed by atoms with E-state index in [1.165, 1.54) is 11.8 Å². The van der Waals surface area contributed by atoms with Gasteiger partial charge in [-0.3, -0.25) is 4.79 Å². The average molecular weight is 486 g/mol. The standard InChI is InChI=1S/C26H20ClN5OS/c1-32-25(17-10-12-20(27)13-11-17)30-31-26(32)34-16-24(33)29-28-15-23-21-8-4-2-6-18(21)14-19-7-3-5-9-22(19)23/h2-15H,16H2,1H3,(H,29,33). The number of nitrogens with zero attached hydrogens (tertiary/aromatic N) is 4. The molecule has 0 unspecified atom stereocenters. The van der Waals surface area contributed by atoms with Crippen LogP contribution in [0.25, 0.3) is 32.9 Å². The molecule has 168 valence electrons. The molecule has 6 nitrogen and oxygen atoms in total. The highest BCUT2D eigenvalue weighted by Crippen LogP contribution is 2.27. The van der Waals surface area contributed by atoms with E-state index in [9.17, 15) is 4.79 Å². The summed E-state index contributed by atoms with van der Waals surface area (Å²) in [7, 11) is 1.87. The molecular weight excluding hydrogens is 466 g/mol. The van der Waals surface area contributed by atoms with Gasteiger partial charge in [-0.15, -0.1) is 10.2 Å². The number of rotatable bonds is 6. The molecule has 0 saturated carbocycles. The van der Waals surface area contributed by atoms with E-state index in [4.69, 9.17) is 11.6 Å². The molecule has 5 aromatic rings. The number of carbonyl (C=O) groups is 1. The third kappa shape index (κ3) is 4.53. The lowest BCUT2D eigenvalue weighted by Gasteiger charge is -2.08.